The van der Waals surface area contributed by atoms with Crippen LogP contribution in [0.5, 0.6) is 0 Å². The molecule has 1 saturated carbocycles. The third-order valence-corrected chi connectivity index (χ3v) is 10.2. The topological polar surface area (TPSA) is 21.7 Å². The number of ether oxygens (including phenoxy) is 2. The first kappa shape index (κ1) is 41.0. The summed E-state index contributed by atoms with van der Waals surface area (Å²) in [5, 5.41) is 0. The van der Waals surface area contributed by atoms with Crippen molar-refractivity contribution < 1.29 is 9.47 Å². The largest absolute Gasteiger partial charge is 0.344 e. The Kier molecular flexibility index (Phi) is 24.7. The van der Waals surface area contributed by atoms with Crippen molar-refractivity contribution in [2.75, 3.05) is 14.1 Å². The molecular formula is C43H77NO2. The summed E-state index contributed by atoms with van der Waals surface area (Å²) in [6, 6.07) is 0.589. The molecule has 2 rings (SSSR count). The van der Waals surface area contributed by atoms with E-state index in [0.29, 0.717) is 18.2 Å². The molecule has 0 aromatic heterocycles. The van der Waals surface area contributed by atoms with Crippen molar-refractivity contribution in [1.82, 2.24) is 4.90 Å². The van der Waals surface area contributed by atoms with E-state index >= 15 is 0 Å². The molecule has 0 N–H and O–H groups in total. The van der Waals surface area contributed by atoms with Crippen LogP contribution in [0.15, 0.2) is 48.6 Å². The molecule has 266 valence electrons. The average molecular weight is 640 g/mol. The van der Waals surface area contributed by atoms with E-state index in [1.807, 2.05) is 0 Å². The van der Waals surface area contributed by atoms with Crippen LogP contribution in [0.25, 0.3) is 0 Å². The van der Waals surface area contributed by atoms with E-state index in [1.54, 1.807) is 0 Å². The molecule has 0 bridgehead atoms. The van der Waals surface area contributed by atoms with Crippen molar-refractivity contribution in [2.45, 2.75) is 211 Å². The number of nitrogens with zero attached hydrogens (tertiary/aromatic N) is 1. The van der Waals surface area contributed by atoms with Crippen LogP contribution in [0.3, 0.4) is 0 Å². The minimum Gasteiger partial charge on any atom is -0.344 e. The van der Waals surface area contributed by atoms with E-state index in [0.717, 1.165) is 25.7 Å². The van der Waals surface area contributed by atoms with Gasteiger partial charge in [-0.15, -0.1) is 0 Å². The maximum absolute atomic E-state index is 6.82. The highest BCUT2D eigenvalue weighted by molar-refractivity contribution is 4.96. The van der Waals surface area contributed by atoms with Gasteiger partial charge in [-0.25, -0.2) is 0 Å². The van der Waals surface area contributed by atoms with Gasteiger partial charge in [-0.3, -0.25) is 0 Å². The maximum Gasteiger partial charge on any atom is 0.170 e. The van der Waals surface area contributed by atoms with Gasteiger partial charge in [0.25, 0.3) is 0 Å². The number of unbranched alkanes of at least 4 members (excludes halogenated alkanes) is 16. The lowest BCUT2D eigenvalue weighted by atomic mass is 9.99. The second kappa shape index (κ2) is 27.8. The van der Waals surface area contributed by atoms with Gasteiger partial charge in [-0.05, 0) is 97.6 Å². The molecule has 0 aromatic rings. The van der Waals surface area contributed by atoms with Crippen LogP contribution in [0, 0.1) is 0 Å². The molecule has 46 heavy (non-hydrogen) atoms. The van der Waals surface area contributed by atoms with E-state index in [4.69, 9.17) is 9.47 Å². The third-order valence-electron chi connectivity index (χ3n) is 10.2. The Balaban J connectivity index is 1.57. The molecule has 2 fully saturated rings. The fraction of sp³-hybridized carbons (Fsp3) is 0.814. The predicted molar refractivity (Wildman–Crippen MR) is 203 cm³/mol. The molecule has 0 amide bonds. The van der Waals surface area contributed by atoms with Crippen molar-refractivity contribution in [3.05, 3.63) is 48.6 Å². The summed E-state index contributed by atoms with van der Waals surface area (Å²) < 4.78 is 13.6. The summed E-state index contributed by atoms with van der Waals surface area (Å²) in [4.78, 5) is 2.37. The molecule has 3 heteroatoms. The Morgan fingerprint density at radius 1 is 0.522 bits per heavy atom. The number of rotatable bonds is 29. The van der Waals surface area contributed by atoms with E-state index < -0.39 is 0 Å². The van der Waals surface area contributed by atoms with Gasteiger partial charge in [-0.2, -0.15) is 0 Å². The zero-order valence-corrected chi connectivity index (χ0v) is 31.2. The zero-order valence-electron chi connectivity index (χ0n) is 31.2. The Labute approximate surface area is 287 Å². The smallest absolute Gasteiger partial charge is 0.170 e. The fourth-order valence-corrected chi connectivity index (χ4v) is 7.14. The summed E-state index contributed by atoms with van der Waals surface area (Å²) in [6.45, 7) is 4.54. The van der Waals surface area contributed by atoms with Gasteiger partial charge in [0.1, 0.15) is 0 Å². The second-order valence-corrected chi connectivity index (χ2v) is 14.6. The van der Waals surface area contributed by atoms with E-state index in [2.05, 4.69) is 81.5 Å². The highest BCUT2D eigenvalue weighted by Crippen LogP contribution is 2.45. The number of allylic oxidation sites excluding steroid dienone is 8. The van der Waals surface area contributed by atoms with Gasteiger partial charge < -0.3 is 14.4 Å². The van der Waals surface area contributed by atoms with Gasteiger partial charge in [0, 0.05) is 18.9 Å². The van der Waals surface area contributed by atoms with Gasteiger partial charge in [0.2, 0.25) is 0 Å². The molecule has 1 spiro atoms. The molecule has 0 aromatic carbocycles. The van der Waals surface area contributed by atoms with E-state index in [1.165, 1.54) is 148 Å². The minimum absolute atomic E-state index is 0.296. The van der Waals surface area contributed by atoms with Crippen molar-refractivity contribution >= 4 is 0 Å². The van der Waals surface area contributed by atoms with Gasteiger partial charge in [-0.1, -0.05) is 140 Å². The van der Waals surface area contributed by atoms with Crippen LogP contribution in [0.1, 0.15) is 187 Å². The van der Waals surface area contributed by atoms with Crippen LogP contribution in [0.4, 0.5) is 0 Å². The lowest BCUT2D eigenvalue weighted by Crippen LogP contribution is -2.32. The van der Waals surface area contributed by atoms with E-state index in [9.17, 15) is 0 Å². The highest BCUT2D eigenvalue weighted by Gasteiger charge is 2.51. The fourth-order valence-electron chi connectivity index (χ4n) is 7.14. The first-order valence-corrected chi connectivity index (χ1v) is 20.2. The lowest BCUT2D eigenvalue weighted by Gasteiger charge is -2.25. The molecule has 1 saturated heterocycles. The second-order valence-electron chi connectivity index (χ2n) is 14.6. The Bertz CT molecular complexity index is 758. The minimum atomic E-state index is -0.307. The number of hydrogen-bond donors (Lipinski definition) is 0. The van der Waals surface area contributed by atoms with Gasteiger partial charge in [0.15, 0.2) is 5.79 Å². The molecule has 3 atom stereocenters. The lowest BCUT2D eigenvalue weighted by molar-refractivity contribution is -0.172. The third kappa shape index (κ3) is 19.6. The molecule has 1 aliphatic heterocycles. The maximum atomic E-state index is 6.82. The normalized spacial score (nSPS) is 23.7. The van der Waals surface area contributed by atoms with Crippen molar-refractivity contribution in [2.24, 2.45) is 0 Å². The monoisotopic (exact) mass is 640 g/mol. The Morgan fingerprint density at radius 2 is 0.913 bits per heavy atom. The van der Waals surface area contributed by atoms with Crippen molar-refractivity contribution in [1.29, 1.82) is 0 Å². The van der Waals surface area contributed by atoms with Gasteiger partial charge >= 0.3 is 0 Å². The van der Waals surface area contributed by atoms with Gasteiger partial charge in [0.05, 0.1) is 12.2 Å². The summed E-state index contributed by atoms with van der Waals surface area (Å²) >= 11 is 0. The van der Waals surface area contributed by atoms with Crippen molar-refractivity contribution in [3.8, 4) is 0 Å². The molecule has 1 heterocycles. The summed E-state index contributed by atoms with van der Waals surface area (Å²) in [7, 11) is 4.41. The van der Waals surface area contributed by atoms with E-state index in [-0.39, 0.29) is 5.79 Å². The molecule has 3 unspecified atom stereocenters. The molecular weight excluding hydrogens is 562 g/mol. The predicted octanol–water partition coefficient (Wildman–Crippen LogP) is 13.2. The summed E-state index contributed by atoms with van der Waals surface area (Å²) in [5.41, 5.74) is 0. The highest BCUT2D eigenvalue weighted by atomic mass is 16.8. The number of hydrogen-bond acceptors (Lipinski definition) is 3. The van der Waals surface area contributed by atoms with Crippen molar-refractivity contribution in [3.63, 3.8) is 0 Å². The standard InChI is InChI=1S/C43H77NO2/c1-5-7-9-11-13-15-17-19-21-23-25-27-29-31-33-35-41-42(46-43(45-41)38-37-40(39-43)44(3)4)36-34-32-30-28-26-24-22-20-18-16-14-12-10-8-6-2/h13-16,19-22,40-42H,5-12,17-18,23-39H2,1-4H3/b15-13-,16-14-,21-19-,22-20-. The van der Waals surface area contributed by atoms with Crippen LogP contribution in [0.2, 0.25) is 0 Å². The van der Waals surface area contributed by atoms with Crippen LogP contribution < -0.4 is 0 Å². The van der Waals surface area contributed by atoms with Crippen LogP contribution >= 0.6 is 0 Å². The molecule has 0 radical (unpaired) electrons. The Hall–Kier alpha value is -1.16. The first-order valence-electron chi connectivity index (χ1n) is 20.2. The average Bonchev–Trinajstić information content (AvgIpc) is 3.63. The molecule has 3 nitrogen and oxygen atoms in total. The van der Waals surface area contributed by atoms with Crippen LogP contribution in [-0.4, -0.2) is 43.0 Å². The zero-order chi connectivity index (χ0) is 33.0. The summed E-state index contributed by atoms with van der Waals surface area (Å²) in [5.74, 6) is -0.307. The molecule has 1 aliphatic carbocycles. The quantitative estimate of drug-likeness (QED) is 0.0600. The molecule has 2 aliphatic rings. The summed E-state index contributed by atoms with van der Waals surface area (Å²) in [6.07, 6.45) is 53.5. The SMILES string of the molecule is CCCCC/C=C\C/C=C\CCCCCCCC1OC2(CCC(N(C)C)C2)OC1CCCCCCC/C=C\C/C=C\CCCCC. The van der Waals surface area contributed by atoms with Crippen LogP contribution in [-0.2, 0) is 9.47 Å². The Morgan fingerprint density at radius 3 is 1.30 bits per heavy atom. The first-order chi connectivity index (χ1) is 22.6.